The molecule has 1 unspecified atom stereocenters. The highest BCUT2D eigenvalue weighted by Crippen LogP contribution is 2.26. The molecule has 0 saturated carbocycles. The van der Waals surface area contributed by atoms with Gasteiger partial charge in [-0.15, -0.1) is 0 Å². The third-order valence-electron chi connectivity index (χ3n) is 4.30. The Hall–Kier alpha value is -1.99. The number of sulfonamides is 1. The highest BCUT2D eigenvalue weighted by Gasteiger charge is 2.21. The van der Waals surface area contributed by atoms with Crippen molar-refractivity contribution >= 4 is 10.0 Å². The van der Waals surface area contributed by atoms with Crippen LogP contribution in [0.2, 0.25) is 0 Å². The number of hydrogen-bond donors (Lipinski definition) is 1. The van der Waals surface area contributed by atoms with Gasteiger partial charge >= 0.3 is 6.61 Å². The quantitative estimate of drug-likeness (QED) is 0.845. The second-order valence-electron chi connectivity index (χ2n) is 6.08. The average molecular weight is 367 g/mol. The number of hydrogen-bond acceptors (Lipinski definition) is 3. The Morgan fingerprint density at radius 2 is 1.84 bits per heavy atom. The predicted octanol–water partition coefficient (Wildman–Crippen LogP) is 3.82. The fourth-order valence-corrected chi connectivity index (χ4v) is 4.33. The number of nitrogens with one attached hydrogen (secondary N) is 1. The fourth-order valence-electron chi connectivity index (χ4n) is 3.04. The molecule has 0 aliphatic heterocycles. The van der Waals surface area contributed by atoms with Crippen LogP contribution in [-0.4, -0.2) is 15.0 Å². The summed E-state index contributed by atoms with van der Waals surface area (Å²) < 4.78 is 56.8. The van der Waals surface area contributed by atoms with Crippen molar-refractivity contribution in [3.8, 4) is 5.75 Å². The highest BCUT2D eigenvalue weighted by atomic mass is 32.2. The topological polar surface area (TPSA) is 55.4 Å². The van der Waals surface area contributed by atoms with Crippen LogP contribution in [0.5, 0.6) is 5.75 Å². The summed E-state index contributed by atoms with van der Waals surface area (Å²) in [5.74, 6) is -0.00363. The van der Waals surface area contributed by atoms with E-state index in [2.05, 4.69) is 9.46 Å². The number of rotatable bonds is 6. The van der Waals surface area contributed by atoms with Gasteiger partial charge in [-0.2, -0.15) is 8.78 Å². The minimum Gasteiger partial charge on any atom is -0.435 e. The van der Waals surface area contributed by atoms with Crippen LogP contribution in [0.15, 0.2) is 47.4 Å². The average Bonchev–Trinajstić information content (AvgIpc) is 3.01. The van der Waals surface area contributed by atoms with E-state index in [1.807, 2.05) is 6.07 Å². The largest absolute Gasteiger partial charge is 0.435 e. The summed E-state index contributed by atoms with van der Waals surface area (Å²) in [6.07, 6.45) is 2.91. The first-order chi connectivity index (χ1) is 11.8. The standard InChI is InChI=1S/C18H19F2NO3S/c1-12(14-5-3-7-16(10-14)24-18(19)20)21-25(22,23)17-9-8-13-4-2-6-15(13)11-17/h3,5,7-12,18,21H,2,4,6H2,1H3. The number of fused-ring (bicyclic) bond motifs is 1. The first-order valence-electron chi connectivity index (χ1n) is 8.04. The molecule has 7 heteroatoms. The van der Waals surface area contributed by atoms with Crippen molar-refractivity contribution in [3.63, 3.8) is 0 Å². The SMILES string of the molecule is CC(NS(=O)(=O)c1ccc2c(c1)CCC2)c1cccc(OC(F)F)c1. The molecule has 1 atom stereocenters. The summed E-state index contributed by atoms with van der Waals surface area (Å²) in [5, 5.41) is 0. The molecule has 134 valence electrons. The Labute approximate surface area is 145 Å². The lowest BCUT2D eigenvalue weighted by Crippen LogP contribution is -2.27. The molecule has 0 aromatic heterocycles. The van der Waals surface area contributed by atoms with Crippen molar-refractivity contribution in [1.82, 2.24) is 4.72 Å². The molecule has 25 heavy (non-hydrogen) atoms. The zero-order chi connectivity index (χ0) is 18.0. The van der Waals surface area contributed by atoms with E-state index >= 15 is 0 Å². The molecular weight excluding hydrogens is 348 g/mol. The van der Waals surface area contributed by atoms with E-state index in [1.54, 1.807) is 31.2 Å². The lowest BCUT2D eigenvalue weighted by Gasteiger charge is -2.16. The zero-order valence-electron chi connectivity index (χ0n) is 13.7. The number of benzene rings is 2. The molecular formula is C18H19F2NO3S. The Balaban J connectivity index is 1.78. The Morgan fingerprint density at radius 3 is 2.60 bits per heavy atom. The number of aryl methyl sites for hydroxylation is 2. The molecule has 0 amide bonds. The maximum atomic E-state index is 12.6. The molecule has 0 spiro atoms. The minimum atomic E-state index is -3.70. The summed E-state index contributed by atoms with van der Waals surface area (Å²) in [6.45, 7) is -1.26. The lowest BCUT2D eigenvalue weighted by molar-refractivity contribution is -0.0499. The van der Waals surface area contributed by atoms with E-state index in [0.717, 1.165) is 24.8 Å². The van der Waals surface area contributed by atoms with E-state index in [0.29, 0.717) is 5.56 Å². The van der Waals surface area contributed by atoms with Crippen molar-refractivity contribution in [2.75, 3.05) is 0 Å². The van der Waals surface area contributed by atoms with Crippen molar-refractivity contribution in [2.45, 2.75) is 43.7 Å². The number of halogens is 2. The fraction of sp³-hybridized carbons (Fsp3) is 0.333. The Morgan fingerprint density at radius 1 is 1.08 bits per heavy atom. The monoisotopic (exact) mass is 367 g/mol. The van der Waals surface area contributed by atoms with E-state index in [4.69, 9.17) is 0 Å². The number of alkyl halides is 2. The van der Waals surface area contributed by atoms with Crippen molar-refractivity contribution < 1.29 is 21.9 Å². The van der Waals surface area contributed by atoms with Crippen LogP contribution >= 0.6 is 0 Å². The van der Waals surface area contributed by atoms with Crippen molar-refractivity contribution in [2.24, 2.45) is 0 Å². The molecule has 2 aromatic carbocycles. The van der Waals surface area contributed by atoms with Crippen LogP contribution in [0.3, 0.4) is 0 Å². The molecule has 1 aliphatic rings. The summed E-state index contributed by atoms with van der Waals surface area (Å²) in [5.41, 5.74) is 2.81. The van der Waals surface area contributed by atoms with E-state index in [1.165, 1.54) is 17.7 Å². The van der Waals surface area contributed by atoms with Gasteiger partial charge < -0.3 is 4.74 Å². The maximum absolute atomic E-state index is 12.6. The van der Waals surface area contributed by atoms with E-state index in [9.17, 15) is 17.2 Å². The third-order valence-corrected chi connectivity index (χ3v) is 5.83. The number of ether oxygens (including phenoxy) is 1. The first-order valence-corrected chi connectivity index (χ1v) is 9.52. The van der Waals surface area contributed by atoms with Crippen LogP contribution in [0, 0.1) is 0 Å². The van der Waals surface area contributed by atoms with Gasteiger partial charge in [0, 0.05) is 6.04 Å². The summed E-state index contributed by atoms with van der Waals surface area (Å²) in [4.78, 5) is 0.222. The highest BCUT2D eigenvalue weighted by molar-refractivity contribution is 7.89. The van der Waals surface area contributed by atoms with Gasteiger partial charge in [0.15, 0.2) is 0 Å². The Bertz CT molecular complexity index is 868. The van der Waals surface area contributed by atoms with Gasteiger partial charge in [0.2, 0.25) is 10.0 Å². The zero-order valence-corrected chi connectivity index (χ0v) is 14.5. The molecule has 0 radical (unpaired) electrons. The van der Waals surface area contributed by atoms with Gasteiger partial charge in [0.1, 0.15) is 5.75 Å². The maximum Gasteiger partial charge on any atom is 0.387 e. The summed E-state index contributed by atoms with van der Waals surface area (Å²) in [6, 6.07) is 10.6. The van der Waals surface area contributed by atoms with Gasteiger partial charge in [-0.1, -0.05) is 18.2 Å². The molecule has 0 heterocycles. The minimum absolute atomic E-state index is 0.00363. The first kappa shape index (κ1) is 17.8. The normalized spacial score (nSPS) is 15.2. The van der Waals surface area contributed by atoms with Gasteiger partial charge in [-0.05, 0) is 67.1 Å². The van der Waals surface area contributed by atoms with Crippen LogP contribution in [-0.2, 0) is 22.9 Å². The van der Waals surface area contributed by atoms with Crippen molar-refractivity contribution in [3.05, 3.63) is 59.2 Å². The molecule has 0 bridgehead atoms. The molecule has 2 aromatic rings. The van der Waals surface area contributed by atoms with Crippen LogP contribution in [0.1, 0.15) is 36.1 Å². The Kier molecular flexibility index (Phi) is 5.06. The molecule has 1 N–H and O–H groups in total. The van der Waals surface area contributed by atoms with Crippen LogP contribution in [0.4, 0.5) is 8.78 Å². The van der Waals surface area contributed by atoms with Crippen LogP contribution in [0.25, 0.3) is 0 Å². The molecule has 4 nitrogen and oxygen atoms in total. The second kappa shape index (κ2) is 7.09. The third kappa shape index (κ3) is 4.16. The van der Waals surface area contributed by atoms with Crippen molar-refractivity contribution in [1.29, 1.82) is 0 Å². The molecule has 3 rings (SSSR count). The van der Waals surface area contributed by atoms with Crippen LogP contribution < -0.4 is 9.46 Å². The van der Waals surface area contributed by atoms with Gasteiger partial charge in [-0.25, -0.2) is 13.1 Å². The smallest absolute Gasteiger partial charge is 0.387 e. The molecule has 0 saturated heterocycles. The van der Waals surface area contributed by atoms with E-state index < -0.39 is 22.7 Å². The van der Waals surface area contributed by atoms with E-state index in [-0.39, 0.29) is 10.6 Å². The summed E-state index contributed by atoms with van der Waals surface area (Å²) in [7, 11) is -3.70. The van der Waals surface area contributed by atoms with Gasteiger partial charge in [0.25, 0.3) is 0 Å². The van der Waals surface area contributed by atoms with Gasteiger partial charge in [0.05, 0.1) is 4.90 Å². The van der Waals surface area contributed by atoms with Gasteiger partial charge in [-0.3, -0.25) is 0 Å². The molecule has 1 aliphatic carbocycles. The summed E-state index contributed by atoms with van der Waals surface area (Å²) >= 11 is 0. The lowest BCUT2D eigenvalue weighted by atomic mass is 10.1. The second-order valence-corrected chi connectivity index (χ2v) is 7.79. The predicted molar refractivity (Wildman–Crippen MR) is 90.3 cm³/mol. The molecule has 0 fully saturated rings.